The van der Waals surface area contributed by atoms with Crippen LogP contribution in [0, 0.1) is 18.3 Å². The summed E-state index contributed by atoms with van der Waals surface area (Å²) >= 11 is 13.1. The van der Waals surface area contributed by atoms with Crippen LogP contribution in [0.5, 0.6) is 0 Å². The predicted octanol–water partition coefficient (Wildman–Crippen LogP) is 8.62. The third kappa shape index (κ3) is 4.32. The molecule has 1 saturated heterocycles. The Morgan fingerprint density at radius 1 is 1.00 bits per heavy atom. The highest BCUT2D eigenvalue weighted by molar-refractivity contribution is 6.39. The highest BCUT2D eigenvalue weighted by Gasteiger charge is 2.46. The zero-order chi connectivity index (χ0) is 25.1. The van der Waals surface area contributed by atoms with Crippen molar-refractivity contribution in [2.75, 3.05) is 18.0 Å². The van der Waals surface area contributed by atoms with E-state index in [-0.39, 0.29) is 0 Å². The second kappa shape index (κ2) is 9.03. The lowest BCUT2D eigenvalue weighted by molar-refractivity contribution is 0.0282. The number of hydrogen-bond donors (Lipinski definition) is 0. The molecule has 0 amide bonds. The van der Waals surface area contributed by atoms with Gasteiger partial charge in [-0.2, -0.15) is 0 Å². The molecule has 0 N–H and O–H groups in total. The van der Waals surface area contributed by atoms with Crippen LogP contribution in [0.3, 0.4) is 0 Å². The molecule has 0 bridgehead atoms. The SMILES string of the molecule is Cc1ccc2cc(N3CCC4(CC3)CC(Cc3c(-c5c(Cl)cccc5Cl)noc3C3CC3)C4)ccc2n1. The summed E-state index contributed by atoms with van der Waals surface area (Å²) in [5.41, 5.74) is 6.87. The van der Waals surface area contributed by atoms with E-state index in [1.165, 1.54) is 55.2 Å². The van der Waals surface area contributed by atoms with E-state index in [9.17, 15) is 0 Å². The molecule has 1 spiro atoms. The zero-order valence-electron chi connectivity index (χ0n) is 21.1. The molecule has 1 aliphatic heterocycles. The summed E-state index contributed by atoms with van der Waals surface area (Å²) < 4.78 is 5.91. The molecule has 0 unspecified atom stereocenters. The van der Waals surface area contributed by atoms with Gasteiger partial charge in [0.15, 0.2) is 0 Å². The van der Waals surface area contributed by atoms with E-state index < -0.39 is 0 Å². The van der Waals surface area contributed by atoms with Crippen molar-refractivity contribution >= 4 is 39.8 Å². The number of pyridine rings is 1. The first-order valence-corrected chi connectivity index (χ1v) is 14.3. The first kappa shape index (κ1) is 23.5. The van der Waals surface area contributed by atoms with Crippen molar-refractivity contribution in [2.45, 2.75) is 57.8 Å². The second-order valence-electron chi connectivity index (χ2n) is 11.5. The van der Waals surface area contributed by atoms with Gasteiger partial charge in [-0.1, -0.05) is 40.5 Å². The molecule has 2 aromatic heterocycles. The molecule has 2 saturated carbocycles. The summed E-state index contributed by atoms with van der Waals surface area (Å²) in [4.78, 5) is 7.21. The van der Waals surface area contributed by atoms with E-state index in [1.54, 1.807) is 0 Å². The van der Waals surface area contributed by atoms with Crippen LogP contribution in [0.1, 0.15) is 61.5 Å². The van der Waals surface area contributed by atoms with Gasteiger partial charge in [-0.3, -0.25) is 4.98 Å². The van der Waals surface area contributed by atoms with Gasteiger partial charge in [-0.25, -0.2) is 0 Å². The highest BCUT2D eigenvalue weighted by atomic mass is 35.5. The topological polar surface area (TPSA) is 42.2 Å². The number of rotatable bonds is 5. The third-order valence-corrected chi connectivity index (χ3v) is 9.53. The van der Waals surface area contributed by atoms with Crippen LogP contribution in [0.15, 0.2) is 53.1 Å². The monoisotopic (exact) mass is 531 g/mol. The Kier molecular flexibility index (Phi) is 5.74. The normalized spacial score (nSPS) is 19.5. The second-order valence-corrected chi connectivity index (χ2v) is 12.4. The number of benzene rings is 2. The zero-order valence-corrected chi connectivity index (χ0v) is 22.7. The lowest BCUT2D eigenvalue weighted by atomic mass is 9.56. The molecule has 190 valence electrons. The van der Waals surface area contributed by atoms with Crippen LogP contribution in [0.25, 0.3) is 22.2 Å². The number of nitrogens with zero attached hydrogens (tertiary/aromatic N) is 3. The van der Waals surface area contributed by atoms with Gasteiger partial charge in [0.2, 0.25) is 0 Å². The first-order valence-electron chi connectivity index (χ1n) is 13.5. The quantitative estimate of drug-likeness (QED) is 0.258. The number of hydrogen-bond acceptors (Lipinski definition) is 4. The van der Waals surface area contributed by atoms with E-state index in [0.29, 0.717) is 27.3 Å². The number of halogens is 2. The van der Waals surface area contributed by atoms with Crippen molar-refractivity contribution in [3.8, 4) is 11.3 Å². The van der Waals surface area contributed by atoms with Gasteiger partial charge in [-0.05, 0) is 99.6 Å². The van der Waals surface area contributed by atoms with Crippen molar-refractivity contribution in [1.29, 1.82) is 0 Å². The molecule has 7 rings (SSSR count). The maximum atomic E-state index is 6.57. The molecule has 0 radical (unpaired) electrons. The van der Waals surface area contributed by atoms with E-state index in [4.69, 9.17) is 27.7 Å². The van der Waals surface area contributed by atoms with Crippen LogP contribution in [0.4, 0.5) is 5.69 Å². The smallest absolute Gasteiger partial charge is 0.143 e. The van der Waals surface area contributed by atoms with E-state index in [0.717, 1.165) is 47.7 Å². The third-order valence-electron chi connectivity index (χ3n) is 8.90. The molecule has 3 fully saturated rings. The summed E-state index contributed by atoms with van der Waals surface area (Å²) in [5.74, 6) is 2.25. The van der Waals surface area contributed by atoms with Crippen LogP contribution >= 0.6 is 23.2 Å². The Balaban J connectivity index is 1.04. The van der Waals surface area contributed by atoms with Gasteiger partial charge in [-0.15, -0.1) is 0 Å². The highest BCUT2D eigenvalue weighted by Crippen LogP contribution is 2.55. The van der Waals surface area contributed by atoms with Gasteiger partial charge in [0.1, 0.15) is 11.5 Å². The largest absolute Gasteiger partial charge is 0.371 e. The number of fused-ring (bicyclic) bond motifs is 1. The molecule has 0 atom stereocenters. The lowest BCUT2D eigenvalue weighted by Crippen LogP contribution is -2.47. The summed E-state index contributed by atoms with van der Waals surface area (Å²) in [6.45, 7) is 4.29. The van der Waals surface area contributed by atoms with Gasteiger partial charge < -0.3 is 9.42 Å². The fraction of sp³-hybridized carbons (Fsp3) is 0.419. The molecular formula is C31H31Cl2N3O. The molecule has 3 heterocycles. The fourth-order valence-electron chi connectivity index (χ4n) is 6.76. The first-order chi connectivity index (χ1) is 18.0. The van der Waals surface area contributed by atoms with Crippen LogP contribution < -0.4 is 4.90 Å². The summed E-state index contributed by atoms with van der Waals surface area (Å²) in [5, 5.41) is 7.00. The van der Waals surface area contributed by atoms with Gasteiger partial charge in [0.25, 0.3) is 0 Å². The van der Waals surface area contributed by atoms with Crippen molar-refractivity contribution in [3.63, 3.8) is 0 Å². The van der Waals surface area contributed by atoms with Crippen LogP contribution in [-0.2, 0) is 6.42 Å². The van der Waals surface area contributed by atoms with Crippen molar-refractivity contribution in [2.24, 2.45) is 11.3 Å². The lowest BCUT2D eigenvalue weighted by Gasteiger charge is -2.53. The Labute approximate surface area is 228 Å². The molecule has 3 aliphatic rings. The fourth-order valence-corrected chi connectivity index (χ4v) is 7.34. The molecular weight excluding hydrogens is 501 g/mol. The predicted molar refractivity (Wildman–Crippen MR) is 151 cm³/mol. The number of piperidine rings is 1. The molecule has 4 aromatic rings. The van der Waals surface area contributed by atoms with E-state index >= 15 is 0 Å². The van der Waals surface area contributed by atoms with Gasteiger partial charge in [0, 0.05) is 46.9 Å². The van der Waals surface area contributed by atoms with Crippen LogP contribution in [-0.4, -0.2) is 23.2 Å². The van der Waals surface area contributed by atoms with Crippen molar-refractivity contribution < 1.29 is 4.52 Å². The van der Waals surface area contributed by atoms with Crippen LogP contribution in [0.2, 0.25) is 10.0 Å². The minimum atomic E-state index is 0.482. The standard InChI is InChI=1S/C31H31Cl2N3O/c1-19-5-6-22-16-23(9-10-27(22)34-19)36-13-11-31(12-14-36)17-20(18-31)15-24-29(35-37-30(24)21-7-8-21)28-25(32)3-2-4-26(28)33/h2-6,9-10,16,20-21H,7-8,11-15,17-18H2,1H3. The molecule has 2 aromatic carbocycles. The van der Waals surface area contributed by atoms with E-state index in [2.05, 4.69) is 45.4 Å². The summed E-state index contributed by atoms with van der Waals surface area (Å²) in [6.07, 6.45) is 8.47. The summed E-state index contributed by atoms with van der Waals surface area (Å²) in [6, 6.07) is 16.6. The number of aryl methyl sites for hydroxylation is 1. The minimum absolute atomic E-state index is 0.482. The van der Waals surface area contributed by atoms with E-state index in [1.807, 2.05) is 25.1 Å². The van der Waals surface area contributed by atoms with Gasteiger partial charge >= 0.3 is 0 Å². The molecule has 37 heavy (non-hydrogen) atoms. The average molecular weight is 533 g/mol. The van der Waals surface area contributed by atoms with Gasteiger partial charge in [0.05, 0.1) is 15.6 Å². The summed E-state index contributed by atoms with van der Waals surface area (Å²) in [7, 11) is 0. The molecule has 2 aliphatic carbocycles. The Morgan fingerprint density at radius 3 is 2.49 bits per heavy atom. The Bertz CT molecular complexity index is 1460. The Hall–Kier alpha value is -2.56. The average Bonchev–Trinajstić information content (AvgIpc) is 3.64. The maximum Gasteiger partial charge on any atom is 0.143 e. The molecule has 6 heteroatoms. The minimum Gasteiger partial charge on any atom is -0.371 e. The molecule has 4 nitrogen and oxygen atoms in total. The number of aromatic nitrogens is 2. The van der Waals surface area contributed by atoms with Crippen molar-refractivity contribution in [3.05, 3.63) is 75.6 Å². The van der Waals surface area contributed by atoms with Crippen molar-refractivity contribution in [1.82, 2.24) is 10.1 Å². The number of anilines is 1. The maximum absolute atomic E-state index is 6.57. The Morgan fingerprint density at radius 2 is 1.76 bits per heavy atom.